The predicted molar refractivity (Wildman–Crippen MR) is 94.4 cm³/mol. The number of carbonyl (C=O) groups is 2. The first-order valence-corrected chi connectivity index (χ1v) is 7.71. The Balaban J connectivity index is 2.51. The molecule has 0 unspecified atom stereocenters. The third kappa shape index (κ3) is 2.41. The number of esters is 2. The van der Waals surface area contributed by atoms with Crippen LogP contribution in [0.4, 0.5) is 0 Å². The van der Waals surface area contributed by atoms with Gasteiger partial charge in [-0.2, -0.15) is 0 Å². The van der Waals surface area contributed by atoms with Gasteiger partial charge < -0.3 is 18.8 Å². The van der Waals surface area contributed by atoms with E-state index in [2.05, 4.69) is 0 Å². The number of rotatable bonds is 3. The second-order valence-corrected chi connectivity index (χ2v) is 5.75. The summed E-state index contributed by atoms with van der Waals surface area (Å²) in [4.78, 5) is 24.5. The number of nitrogens with zero attached hydrogens (tertiary/aromatic N) is 1. The van der Waals surface area contributed by atoms with Crippen LogP contribution in [-0.4, -0.2) is 37.8 Å². The highest BCUT2D eigenvalue weighted by molar-refractivity contribution is 6.16. The Morgan fingerprint density at radius 2 is 1.64 bits per heavy atom. The number of benzene rings is 2. The molecular weight excluding hydrogens is 322 g/mol. The van der Waals surface area contributed by atoms with Gasteiger partial charge in [-0.05, 0) is 36.8 Å². The van der Waals surface area contributed by atoms with Gasteiger partial charge in [0.15, 0.2) is 0 Å². The van der Waals surface area contributed by atoms with Gasteiger partial charge in [-0.25, -0.2) is 9.59 Å². The third-order valence-corrected chi connectivity index (χ3v) is 4.53. The third-order valence-electron chi connectivity index (χ3n) is 4.53. The van der Waals surface area contributed by atoms with Crippen molar-refractivity contribution in [2.75, 3.05) is 21.3 Å². The van der Waals surface area contributed by atoms with E-state index >= 15 is 0 Å². The number of aryl methyl sites for hydroxylation is 2. The first-order valence-electron chi connectivity index (χ1n) is 7.71. The molecule has 0 saturated carbocycles. The molecule has 0 saturated heterocycles. The van der Waals surface area contributed by atoms with Gasteiger partial charge in [0.2, 0.25) is 0 Å². The summed E-state index contributed by atoms with van der Waals surface area (Å²) in [6.45, 7) is 1.80. The Labute approximate surface area is 144 Å². The summed E-state index contributed by atoms with van der Waals surface area (Å²) in [5, 5.41) is 1.78. The molecule has 0 radical (unpaired) electrons. The molecule has 0 amide bonds. The quantitative estimate of drug-likeness (QED) is 0.684. The van der Waals surface area contributed by atoms with E-state index < -0.39 is 11.9 Å². The topological polar surface area (TPSA) is 66.8 Å². The number of aromatic nitrogens is 1. The molecule has 25 heavy (non-hydrogen) atoms. The number of hydrogen-bond donors (Lipinski definition) is 0. The lowest BCUT2D eigenvalue weighted by molar-refractivity contribution is 0.0555. The summed E-state index contributed by atoms with van der Waals surface area (Å²) in [6.07, 6.45) is 0. The first kappa shape index (κ1) is 16.8. The molecule has 0 aliphatic rings. The Morgan fingerprint density at radius 1 is 0.960 bits per heavy atom. The van der Waals surface area contributed by atoms with Gasteiger partial charge >= 0.3 is 11.9 Å². The zero-order chi connectivity index (χ0) is 18.3. The van der Waals surface area contributed by atoms with Crippen LogP contribution in [0.5, 0.6) is 5.75 Å². The van der Waals surface area contributed by atoms with Gasteiger partial charge in [0.25, 0.3) is 0 Å². The van der Waals surface area contributed by atoms with E-state index in [4.69, 9.17) is 14.2 Å². The molecule has 6 heteroatoms. The summed E-state index contributed by atoms with van der Waals surface area (Å²) in [6, 6.07) is 7.42. The van der Waals surface area contributed by atoms with Crippen LogP contribution in [-0.2, 0) is 16.5 Å². The average Bonchev–Trinajstić information content (AvgIpc) is 2.92. The van der Waals surface area contributed by atoms with Crippen molar-refractivity contribution in [2.24, 2.45) is 7.05 Å². The Hall–Kier alpha value is -3.02. The smallest absolute Gasteiger partial charge is 0.339 e. The lowest BCUT2D eigenvalue weighted by Gasteiger charge is -2.12. The normalized spacial score (nSPS) is 10.9. The molecule has 3 aromatic rings. The molecule has 0 aliphatic carbocycles. The molecule has 6 nitrogen and oxygen atoms in total. The molecule has 1 aromatic heterocycles. The van der Waals surface area contributed by atoms with E-state index in [0.717, 1.165) is 21.8 Å². The van der Waals surface area contributed by atoms with Crippen molar-refractivity contribution in [3.8, 4) is 5.75 Å². The van der Waals surface area contributed by atoms with Crippen LogP contribution in [0.15, 0.2) is 24.3 Å². The average molecular weight is 341 g/mol. The lowest BCUT2D eigenvalue weighted by atomic mass is 9.97. The Bertz CT molecular complexity index is 1020. The van der Waals surface area contributed by atoms with E-state index in [-0.39, 0.29) is 11.1 Å². The van der Waals surface area contributed by atoms with Crippen molar-refractivity contribution in [2.45, 2.75) is 6.92 Å². The number of methoxy groups -OCH3 is 3. The first-order chi connectivity index (χ1) is 11.9. The maximum Gasteiger partial charge on any atom is 0.339 e. The fourth-order valence-corrected chi connectivity index (χ4v) is 3.35. The largest absolute Gasteiger partial charge is 0.497 e. The number of ether oxygens (including phenoxy) is 3. The zero-order valence-corrected chi connectivity index (χ0v) is 14.8. The standard InChI is InChI=1S/C19H19NO5/c1-10-16(19(22)25-5)14(18(21)24-4)9-13-12-8-11(23-3)6-7-15(12)20(2)17(10)13/h6-9H,1-5H3. The number of hydrogen-bond acceptors (Lipinski definition) is 5. The van der Waals surface area contributed by atoms with Crippen LogP contribution in [0.2, 0.25) is 0 Å². The maximum atomic E-state index is 12.3. The highest BCUT2D eigenvalue weighted by Crippen LogP contribution is 2.35. The second kappa shape index (κ2) is 6.12. The maximum absolute atomic E-state index is 12.3. The Morgan fingerprint density at radius 3 is 2.24 bits per heavy atom. The molecule has 0 atom stereocenters. The molecule has 130 valence electrons. The van der Waals surface area contributed by atoms with Crippen molar-refractivity contribution < 1.29 is 23.8 Å². The molecule has 1 heterocycles. The minimum absolute atomic E-state index is 0.190. The van der Waals surface area contributed by atoms with Crippen molar-refractivity contribution in [3.63, 3.8) is 0 Å². The van der Waals surface area contributed by atoms with E-state index in [1.54, 1.807) is 20.1 Å². The van der Waals surface area contributed by atoms with Crippen LogP contribution in [0, 0.1) is 6.92 Å². The van der Waals surface area contributed by atoms with Gasteiger partial charge in [-0.15, -0.1) is 0 Å². The molecule has 2 aromatic carbocycles. The highest BCUT2D eigenvalue weighted by atomic mass is 16.5. The van der Waals surface area contributed by atoms with Gasteiger partial charge in [-0.1, -0.05) is 0 Å². The van der Waals surface area contributed by atoms with Crippen molar-refractivity contribution in [3.05, 3.63) is 41.0 Å². The molecule has 0 aliphatic heterocycles. The number of carbonyl (C=O) groups excluding carboxylic acids is 2. The van der Waals surface area contributed by atoms with E-state index in [0.29, 0.717) is 11.3 Å². The van der Waals surface area contributed by atoms with Crippen LogP contribution >= 0.6 is 0 Å². The minimum atomic E-state index is -0.578. The van der Waals surface area contributed by atoms with Crippen LogP contribution in [0.25, 0.3) is 21.8 Å². The van der Waals surface area contributed by atoms with Gasteiger partial charge in [-0.3, -0.25) is 0 Å². The minimum Gasteiger partial charge on any atom is -0.497 e. The summed E-state index contributed by atoms with van der Waals surface area (Å²) >= 11 is 0. The monoisotopic (exact) mass is 341 g/mol. The summed E-state index contributed by atoms with van der Waals surface area (Å²) in [5.41, 5.74) is 2.91. The summed E-state index contributed by atoms with van der Waals surface area (Å²) < 4.78 is 17.0. The molecule has 0 bridgehead atoms. The van der Waals surface area contributed by atoms with Crippen molar-refractivity contribution in [1.29, 1.82) is 0 Å². The van der Waals surface area contributed by atoms with Crippen molar-refractivity contribution >= 4 is 33.7 Å². The van der Waals surface area contributed by atoms with E-state index in [1.165, 1.54) is 14.2 Å². The van der Waals surface area contributed by atoms with Gasteiger partial charge in [0, 0.05) is 23.3 Å². The number of fused-ring (bicyclic) bond motifs is 3. The Kier molecular flexibility index (Phi) is 4.12. The summed E-state index contributed by atoms with van der Waals surface area (Å²) in [7, 11) is 6.10. The van der Waals surface area contributed by atoms with E-state index in [1.807, 2.05) is 29.8 Å². The predicted octanol–water partition coefficient (Wildman–Crippen LogP) is 3.22. The van der Waals surface area contributed by atoms with Crippen LogP contribution < -0.4 is 4.74 Å². The highest BCUT2D eigenvalue weighted by Gasteiger charge is 2.25. The fraction of sp³-hybridized carbons (Fsp3) is 0.263. The zero-order valence-electron chi connectivity index (χ0n) is 14.8. The lowest BCUT2D eigenvalue weighted by Crippen LogP contribution is -2.14. The van der Waals surface area contributed by atoms with Gasteiger partial charge in [0.05, 0.1) is 38.0 Å². The van der Waals surface area contributed by atoms with Crippen LogP contribution in [0.1, 0.15) is 26.3 Å². The van der Waals surface area contributed by atoms with Crippen LogP contribution in [0.3, 0.4) is 0 Å². The molecule has 3 rings (SSSR count). The molecule has 0 fully saturated rings. The summed E-state index contributed by atoms with van der Waals surface area (Å²) in [5.74, 6) is -0.428. The SMILES string of the molecule is COC(=O)c1cc2c3cc(OC)ccc3n(C)c2c(C)c1C(=O)OC. The van der Waals surface area contributed by atoms with E-state index in [9.17, 15) is 9.59 Å². The second-order valence-electron chi connectivity index (χ2n) is 5.75. The van der Waals surface area contributed by atoms with Gasteiger partial charge in [0.1, 0.15) is 5.75 Å². The van der Waals surface area contributed by atoms with Crippen molar-refractivity contribution in [1.82, 2.24) is 4.57 Å². The molecular formula is C19H19NO5. The molecule has 0 N–H and O–H groups in total. The molecule has 0 spiro atoms. The fourth-order valence-electron chi connectivity index (χ4n) is 3.35.